The average molecular weight is 173 g/mol. The van der Waals surface area contributed by atoms with Crippen LogP contribution in [0.5, 0.6) is 0 Å². The second-order valence-corrected chi connectivity index (χ2v) is 3.05. The van der Waals surface area contributed by atoms with Gasteiger partial charge in [0.2, 0.25) is 0 Å². The third-order valence-electron chi connectivity index (χ3n) is 1.73. The van der Waals surface area contributed by atoms with Crippen LogP contribution in [0.3, 0.4) is 0 Å². The molecule has 1 radical (unpaired) electrons. The third kappa shape index (κ3) is 3.78. The first kappa shape index (κ1) is 9.83. The molecule has 1 heteroatoms. The average Bonchev–Trinajstić information content (AvgIpc) is 2.19. The van der Waals surface area contributed by atoms with Crippen LogP contribution < -0.4 is 0 Å². The van der Waals surface area contributed by atoms with Crippen LogP contribution in [0.4, 0.5) is 0 Å². The number of rotatable bonds is 4. The molecule has 1 atom stereocenters. The molecule has 1 unspecified atom stereocenters. The molecule has 1 aromatic carbocycles. The molecule has 0 fully saturated rings. The van der Waals surface area contributed by atoms with E-state index in [4.69, 9.17) is 11.2 Å². The fourth-order valence-electron chi connectivity index (χ4n) is 0.969. The van der Waals surface area contributed by atoms with Gasteiger partial charge >= 0.3 is 0 Å². The molecule has 0 amide bonds. The molecule has 0 aliphatic rings. The first-order chi connectivity index (χ1) is 6.33. The summed E-state index contributed by atoms with van der Waals surface area (Å²) in [7, 11) is 0. The van der Waals surface area contributed by atoms with Crippen LogP contribution in [0.2, 0.25) is 0 Å². The summed E-state index contributed by atoms with van der Waals surface area (Å²) in [5.41, 5.74) is 1.17. The first-order valence-corrected chi connectivity index (χ1v) is 4.37. The summed E-state index contributed by atoms with van der Waals surface area (Å²) in [6.07, 6.45) is 6.86. The lowest BCUT2D eigenvalue weighted by atomic mass is 10.2. The summed E-state index contributed by atoms with van der Waals surface area (Å²) in [5, 5.41) is 0. The van der Waals surface area contributed by atoms with Crippen molar-refractivity contribution in [1.29, 1.82) is 0 Å². The molecule has 0 N–H and O–H groups in total. The van der Waals surface area contributed by atoms with E-state index < -0.39 is 0 Å². The molecular weight excluding hydrogens is 160 g/mol. The van der Waals surface area contributed by atoms with Gasteiger partial charge in [0.25, 0.3) is 0 Å². The third-order valence-corrected chi connectivity index (χ3v) is 1.73. The molecule has 0 aromatic heterocycles. The molecule has 0 saturated heterocycles. The van der Waals surface area contributed by atoms with Gasteiger partial charge < -0.3 is 4.74 Å². The van der Waals surface area contributed by atoms with E-state index in [2.05, 4.69) is 5.92 Å². The number of benzene rings is 1. The van der Waals surface area contributed by atoms with Crippen LogP contribution in [0.1, 0.15) is 12.5 Å². The lowest BCUT2D eigenvalue weighted by Gasteiger charge is -2.05. The van der Waals surface area contributed by atoms with Crippen molar-refractivity contribution < 1.29 is 4.74 Å². The predicted octanol–water partition coefficient (Wildman–Crippen LogP) is 2.43. The Morgan fingerprint density at radius 3 is 2.69 bits per heavy atom. The molecule has 0 heterocycles. The van der Waals surface area contributed by atoms with Gasteiger partial charge in [0, 0.05) is 5.92 Å². The van der Waals surface area contributed by atoms with Crippen molar-refractivity contribution >= 4 is 0 Å². The highest BCUT2D eigenvalue weighted by Crippen LogP contribution is 2.02. The van der Waals surface area contributed by atoms with Gasteiger partial charge in [-0.1, -0.05) is 36.3 Å². The van der Waals surface area contributed by atoms with E-state index in [0.29, 0.717) is 13.2 Å². The second kappa shape index (κ2) is 5.40. The first-order valence-electron chi connectivity index (χ1n) is 4.37. The normalized spacial score (nSPS) is 12.0. The Bertz CT molecular complexity index is 271. The Labute approximate surface area is 79.7 Å². The van der Waals surface area contributed by atoms with Gasteiger partial charge in [-0.15, -0.1) is 0 Å². The maximum atomic E-state index is 6.86. The highest BCUT2D eigenvalue weighted by Gasteiger charge is 1.96. The fourth-order valence-corrected chi connectivity index (χ4v) is 0.969. The maximum absolute atomic E-state index is 6.86. The minimum atomic E-state index is 0.0868. The van der Waals surface area contributed by atoms with E-state index in [1.165, 1.54) is 5.56 Å². The molecule has 1 nitrogen and oxygen atoms in total. The number of hydrogen-bond donors (Lipinski definition) is 0. The standard InChI is InChI=1S/C12H13O/c1-3-11(2)9-13-10-12-7-5-4-6-8-12/h4-8,11H,9-10H2,2H3. The van der Waals surface area contributed by atoms with Crippen LogP contribution in [0, 0.1) is 18.3 Å². The van der Waals surface area contributed by atoms with Crippen molar-refractivity contribution in [2.45, 2.75) is 13.5 Å². The van der Waals surface area contributed by atoms with E-state index in [0.717, 1.165) is 0 Å². The largest absolute Gasteiger partial charge is 0.376 e. The Morgan fingerprint density at radius 2 is 2.08 bits per heavy atom. The quantitative estimate of drug-likeness (QED) is 0.635. The summed E-state index contributed by atoms with van der Waals surface area (Å²) in [6, 6.07) is 10.0. The molecule has 0 saturated carbocycles. The summed E-state index contributed by atoms with van der Waals surface area (Å²) < 4.78 is 5.39. The summed E-state index contributed by atoms with van der Waals surface area (Å²) in [5.74, 6) is 2.46. The molecule has 1 aromatic rings. The molecule has 13 heavy (non-hydrogen) atoms. The van der Waals surface area contributed by atoms with E-state index in [9.17, 15) is 0 Å². The SMILES string of the molecule is [C]#CC(C)COCc1ccccc1. The van der Waals surface area contributed by atoms with Gasteiger partial charge in [0.15, 0.2) is 0 Å². The van der Waals surface area contributed by atoms with Crippen LogP contribution in [-0.4, -0.2) is 6.61 Å². The molecule has 0 aliphatic heterocycles. The minimum Gasteiger partial charge on any atom is -0.376 e. The number of hydrogen-bond acceptors (Lipinski definition) is 1. The minimum absolute atomic E-state index is 0.0868. The van der Waals surface area contributed by atoms with Crippen molar-refractivity contribution in [1.82, 2.24) is 0 Å². The van der Waals surface area contributed by atoms with Crippen molar-refractivity contribution in [2.75, 3.05) is 6.61 Å². The van der Waals surface area contributed by atoms with E-state index >= 15 is 0 Å². The zero-order valence-corrected chi connectivity index (χ0v) is 7.79. The van der Waals surface area contributed by atoms with Gasteiger partial charge in [0.1, 0.15) is 0 Å². The van der Waals surface area contributed by atoms with E-state index in [-0.39, 0.29) is 5.92 Å². The molecule has 0 bridgehead atoms. The molecule has 0 spiro atoms. The van der Waals surface area contributed by atoms with Crippen LogP contribution in [0.15, 0.2) is 30.3 Å². The van der Waals surface area contributed by atoms with Gasteiger partial charge in [-0.3, -0.25) is 0 Å². The fraction of sp³-hybridized carbons (Fsp3) is 0.333. The van der Waals surface area contributed by atoms with Crippen LogP contribution in [-0.2, 0) is 11.3 Å². The summed E-state index contributed by atoms with van der Waals surface area (Å²) in [6.45, 7) is 3.10. The number of ether oxygens (including phenoxy) is 1. The van der Waals surface area contributed by atoms with E-state index in [1.54, 1.807) is 0 Å². The highest BCUT2D eigenvalue weighted by atomic mass is 16.5. The lowest BCUT2D eigenvalue weighted by Crippen LogP contribution is -2.03. The van der Waals surface area contributed by atoms with Crippen LogP contribution >= 0.6 is 0 Å². The second-order valence-electron chi connectivity index (χ2n) is 3.05. The van der Waals surface area contributed by atoms with E-state index in [1.807, 2.05) is 37.3 Å². The molecule has 0 aliphatic carbocycles. The zero-order chi connectivity index (χ0) is 9.52. The Kier molecular flexibility index (Phi) is 4.08. The van der Waals surface area contributed by atoms with Crippen LogP contribution in [0.25, 0.3) is 0 Å². The Morgan fingerprint density at radius 1 is 1.38 bits per heavy atom. The summed E-state index contributed by atoms with van der Waals surface area (Å²) in [4.78, 5) is 0. The van der Waals surface area contributed by atoms with Gasteiger partial charge in [-0.2, -0.15) is 0 Å². The maximum Gasteiger partial charge on any atom is 0.0717 e. The Hall–Kier alpha value is -1.26. The Balaban J connectivity index is 2.25. The topological polar surface area (TPSA) is 9.23 Å². The van der Waals surface area contributed by atoms with Crippen molar-refractivity contribution in [3.8, 4) is 5.92 Å². The lowest BCUT2D eigenvalue weighted by molar-refractivity contribution is 0.106. The molecular formula is C12H13O. The zero-order valence-electron chi connectivity index (χ0n) is 7.79. The highest BCUT2D eigenvalue weighted by molar-refractivity contribution is 5.13. The molecule has 1 rings (SSSR count). The smallest absolute Gasteiger partial charge is 0.0717 e. The van der Waals surface area contributed by atoms with Gasteiger partial charge in [-0.25, -0.2) is 0 Å². The summed E-state index contributed by atoms with van der Waals surface area (Å²) >= 11 is 0. The van der Waals surface area contributed by atoms with Gasteiger partial charge in [0.05, 0.1) is 13.2 Å². The molecule has 67 valence electrons. The van der Waals surface area contributed by atoms with Crippen molar-refractivity contribution in [3.63, 3.8) is 0 Å². The monoisotopic (exact) mass is 173 g/mol. The predicted molar refractivity (Wildman–Crippen MR) is 52.4 cm³/mol. The van der Waals surface area contributed by atoms with Crippen molar-refractivity contribution in [2.24, 2.45) is 5.92 Å². The van der Waals surface area contributed by atoms with Crippen molar-refractivity contribution in [3.05, 3.63) is 42.3 Å². The van der Waals surface area contributed by atoms with Gasteiger partial charge in [-0.05, 0) is 18.9 Å².